The second kappa shape index (κ2) is 5.64. The van der Waals surface area contributed by atoms with Crippen LogP contribution < -0.4 is 16.8 Å². The van der Waals surface area contributed by atoms with Gasteiger partial charge in [-0.1, -0.05) is 13.8 Å². The van der Waals surface area contributed by atoms with Crippen LogP contribution in [0.5, 0.6) is 0 Å². The van der Waals surface area contributed by atoms with Crippen molar-refractivity contribution in [3.05, 3.63) is 0 Å². The summed E-state index contributed by atoms with van der Waals surface area (Å²) in [6, 6.07) is 0.585. The molecule has 0 aromatic rings. The summed E-state index contributed by atoms with van der Waals surface area (Å²) >= 11 is 0. The van der Waals surface area contributed by atoms with Crippen molar-refractivity contribution in [2.24, 2.45) is 11.5 Å². The molecule has 0 atom stereocenters. The van der Waals surface area contributed by atoms with Gasteiger partial charge in [0.25, 0.3) is 0 Å². The first-order chi connectivity index (χ1) is 7.51. The van der Waals surface area contributed by atoms with Crippen LogP contribution in [-0.4, -0.2) is 23.5 Å². The van der Waals surface area contributed by atoms with Crippen LogP contribution in [0, 0.1) is 0 Å². The maximum atomic E-state index is 12.0. The smallest absolute Gasteiger partial charge is 0.240 e. The van der Waals surface area contributed by atoms with Gasteiger partial charge in [0, 0.05) is 12.1 Å². The molecule has 0 heterocycles. The van der Waals surface area contributed by atoms with E-state index in [0.29, 0.717) is 18.9 Å². The first kappa shape index (κ1) is 13.5. The monoisotopic (exact) mass is 227 g/mol. The quantitative estimate of drug-likeness (QED) is 0.667. The molecule has 5 N–H and O–H groups in total. The van der Waals surface area contributed by atoms with Gasteiger partial charge < -0.3 is 16.8 Å². The van der Waals surface area contributed by atoms with Crippen LogP contribution in [0.25, 0.3) is 0 Å². The van der Waals surface area contributed by atoms with Crippen molar-refractivity contribution in [1.29, 1.82) is 0 Å². The van der Waals surface area contributed by atoms with Crippen LogP contribution in [0.15, 0.2) is 0 Å². The van der Waals surface area contributed by atoms with Gasteiger partial charge in [0.05, 0.1) is 5.54 Å². The molecular formula is C12H25N3O. The van der Waals surface area contributed by atoms with Crippen molar-refractivity contribution in [3.63, 3.8) is 0 Å². The summed E-state index contributed by atoms with van der Waals surface area (Å²) in [6.45, 7) is 3.92. The van der Waals surface area contributed by atoms with E-state index in [4.69, 9.17) is 11.5 Å². The molecule has 94 valence electrons. The summed E-state index contributed by atoms with van der Waals surface area (Å²) in [6.07, 6.45) is 5.33. The Morgan fingerprint density at radius 1 is 1.25 bits per heavy atom. The van der Waals surface area contributed by atoms with E-state index in [1.807, 2.05) is 13.8 Å². The van der Waals surface area contributed by atoms with Gasteiger partial charge in [0.15, 0.2) is 0 Å². The zero-order valence-corrected chi connectivity index (χ0v) is 10.5. The number of hydrogen-bond acceptors (Lipinski definition) is 3. The summed E-state index contributed by atoms with van der Waals surface area (Å²) in [5.74, 6) is -0.00188. The molecule has 1 aliphatic carbocycles. The van der Waals surface area contributed by atoms with E-state index < -0.39 is 5.54 Å². The Labute approximate surface area is 98.1 Å². The molecule has 0 aliphatic heterocycles. The van der Waals surface area contributed by atoms with Crippen molar-refractivity contribution >= 4 is 5.91 Å². The topological polar surface area (TPSA) is 81.1 Å². The standard InChI is InChI=1S/C12H25N3O/c1-3-12(14,4-2)11(16)15-10-7-5-9(13)6-8-10/h9-10H,3-8,13-14H2,1-2H3,(H,15,16). The number of hydrogen-bond donors (Lipinski definition) is 3. The maximum Gasteiger partial charge on any atom is 0.240 e. The Balaban J connectivity index is 2.45. The predicted octanol–water partition coefficient (Wildman–Crippen LogP) is 0.890. The summed E-state index contributed by atoms with van der Waals surface area (Å²) in [4.78, 5) is 12.0. The van der Waals surface area contributed by atoms with Crippen LogP contribution in [0.2, 0.25) is 0 Å². The molecule has 0 saturated heterocycles. The van der Waals surface area contributed by atoms with Crippen LogP contribution in [0.4, 0.5) is 0 Å². The molecule has 4 heteroatoms. The fourth-order valence-corrected chi connectivity index (χ4v) is 2.16. The zero-order chi connectivity index (χ0) is 12.2. The van der Waals surface area contributed by atoms with Gasteiger partial charge in [-0.2, -0.15) is 0 Å². The lowest BCUT2D eigenvalue weighted by atomic mass is 9.89. The fraction of sp³-hybridized carbons (Fsp3) is 0.917. The highest BCUT2D eigenvalue weighted by molar-refractivity contribution is 5.86. The average molecular weight is 227 g/mol. The van der Waals surface area contributed by atoms with Gasteiger partial charge in [-0.3, -0.25) is 4.79 Å². The van der Waals surface area contributed by atoms with Gasteiger partial charge >= 0.3 is 0 Å². The largest absolute Gasteiger partial charge is 0.352 e. The van der Waals surface area contributed by atoms with Crippen molar-refractivity contribution < 1.29 is 4.79 Å². The van der Waals surface area contributed by atoms with E-state index >= 15 is 0 Å². The van der Waals surface area contributed by atoms with Crippen molar-refractivity contribution in [2.45, 2.75) is 70.0 Å². The molecule has 0 unspecified atom stereocenters. The van der Waals surface area contributed by atoms with Crippen molar-refractivity contribution in [2.75, 3.05) is 0 Å². The Kier molecular flexibility index (Phi) is 4.74. The third-order valence-electron chi connectivity index (χ3n) is 3.82. The Hall–Kier alpha value is -0.610. The normalized spacial score (nSPS) is 26.5. The average Bonchev–Trinajstić information content (AvgIpc) is 2.31. The number of nitrogens with one attached hydrogen (secondary N) is 1. The lowest BCUT2D eigenvalue weighted by Gasteiger charge is -2.31. The summed E-state index contributed by atoms with van der Waals surface area (Å²) in [5, 5.41) is 3.06. The Morgan fingerprint density at radius 2 is 1.75 bits per heavy atom. The van der Waals surface area contributed by atoms with Crippen molar-refractivity contribution in [1.82, 2.24) is 5.32 Å². The summed E-state index contributed by atoms with van der Waals surface area (Å²) < 4.78 is 0. The molecule has 0 aromatic carbocycles. The van der Waals surface area contributed by atoms with Gasteiger partial charge in [-0.25, -0.2) is 0 Å². The number of carbonyl (C=O) groups excluding carboxylic acids is 1. The Morgan fingerprint density at radius 3 is 2.19 bits per heavy atom. The second-order valence-corrected chi connectivity index (χ2v) is 4.95. The molecule has 1 rings (SSSR count). The minimum Gasteiger partial charge on any atom is -0.352 e. The molecule has 4 nitrogen and oxygen atoms in total. The van der Waals surface area contributed by atoms with Gasteiger partial charge in [0.2, 0.25) is 5.91 Å². The highest BCUT2D eigenvalue weighted by Gasteiger charge is 2.32. The van der Waals surface area contributed by atoms with Crippen LogP contribution in [0.1, 0.15) is 52.4 Å². The fourth-order valence-electron chi connectivity index (χ4n) is 2.16. The molecule has 1 aliphatic rings. The maximum absolute atomic E-state index is 12.0. The van der Waals surface area contributed by atoms with E-state index in [-0.39, 0.29) is 11.9 Å². The number of carbonyl (C=O) groups is 1. The first-order valence-corrected chi connectivity index (χ1v) is 6.37. The lowest BCUT2D eigenvalue weighted by Crippen LogP contribution is -2.56. The number of amides is 1. The molecule has 0 bridgehead atoms. The third kappa shape index (κ3) is 3.19. The van der Waals surface area contributed by atoms with Gasteiger partial charge in [-0.15, -0.1) is 0 Å². The molecule has 1 saturated carbocycles. The minimum absolute atomic E-state index is 0.00188. The van der Waals surface area contributed by atoms with E-state index in [1.165, 1.54) is 0 Å². The molecule has 0 spiro atoms. The molecule has 1 fully saturated rings. The summed E-state index contributed by atoms with van der Waals surface area (Å²) in [5.41, 5.74) is 11.2. The number of nitrogens with two attached hydrogens (primary N) is 2. The molecular weight excluding hydrogens is 202 g/mol. The zero-order valence-electron chi connectivity index (χ0n) is 10.5. The predicted molar refractivity (Wildman–Crippen MR) is 65.9 cm³/mol. The Bertz CT molecular complexity index is 230. The van der Waals surface area contributed by atoms with E-state index in [0.717, 1.165) is 25.7 Å². The highest BCUT2D eigenvalue weighted by atomic mass is 16.2. The first-order valence-electron chi connectivity index (χ1n) is 6.37. The van der Waals surface area contributed by atoms with Crippen LogP contribution in [0.3, 0.4) is 0 Å². The lowest BCUT2D eigenvalue weighted by molar-refractivity contribution is -0.127. The van der Waals surface area contributed by atoms with Gasteiger partial charge in [-0.05, 0) is 38.5 Å². The second-order valence-electron chi connectivity index (χ2n) is 4.95. The summed E-state index contributed by atoms with van der Waals surface area (Å²) in [7, 11) is 0. The van der Waals surface area contributed by atoms with E-state index in [1.54, 1.807) is 0 Å². The molecule has 0 radical (unpaired) electrons. The number of rotatable bonds is 4. The third-order valence-corrected chi connectivity index (χ3v) is 3.82. The highest BCUT2D eigenvalue weighted by Crippen LogP contribution is 2.19. The molecule has 1 amide bonds. The molecule has 0 aromatic heterocycles. The SMILES string of the molecule is CCC(N)(CC)C(=O)NC1CCC(N)CC1. The molecule has 16 heavy (non-hydrogen) atoms. The van der Waals surface area contributed by atoms with Crippen LogP contribution in [-0.2, 0) is 4.79 Å². The van der Waals surface area contributed by atoms with Crippen molar-refractivity contribution in [3.8, 4) is 0 Å². The van der Waals surface area contributed by atoms with E-state index in [9.17, 15) is 4.79 Å². The van der Waals surface area contributed by atoms with E-state index in [2.05, 4.69) is 5.32 Å². The van der Waals surface area contributed by atoms with Gasteiger partial charge in [0.1, 0.15) is 0 Å². The minimum atomic E-state index is -0.695. The van der Waals surface area contributed by atoms with Crippen LogP contribution >= 0.6 is 0 Å².